The standard InChI is InChI=1S/C14H26N4/c1-14(2,3)7-8-16-13(15-4)17-9-12-18-10-5-6-11-18/h5-6,10-11H,7-9,12H2,1-4H3,(H2,15,16,17). The number of hydrogen-bond acceptors (Lipinski definition) is 1. The van der Waals surface area contributed by atoms with Crippen molar-refractivity contribution in [1.29, 1.82) is 0 Å². The Morgan fingerprint density at radius 1 is 1.11 bits per heavy atom. The summed E-state index contributed by atoms with van der Waals surface area (Å²) in [5.74, 6) is 0.881. The van der Waals surface area contributed by atoms with Gasteiger partial charge in [-0.15, -0.1) is 0 Å². The van der Waals surface area contributed by atoms with Gasteiger partial charge in [-0.25, -0.2) is 0 Å². The molecule has 2 N–H and O–H groups in total. The van der Waals surface area contributed by atoms with E-state index in [0.29, 0.717) is 5.41 Å². The first-order valence-corrected chi connectivity index (χ1v) is 6.56. The summed E-state index contributed by atoms with van der Waals surface area (Å²) in [5, 5.41) is 6.65. The molecule has 1 aromatic rings. The number of nitrogens with one attached hydrogen (secondary N) is 2. The Morgan fingerprint density at radius 2 is 1.72 bits per heavy atom. The molecule has 0 atom stereocenters. The van der Waals surface area contributed by atoms with Gasteiger partial charge in [-0.05, 0) is 24.0 Å². The van der Waals surface area contributed by atoms with Gasteiger partial charge in [-0.3, -0.25) is 4.99 Å². The SMILES string of the molecule is CN=C(NCCn1cccc1)NCCC(C)(C)C. The second-order valence-electron chi connectivity index (χ2n) is 5.66. The van der Waals surface area contributed by atoms with Crippen molar-refractivity contribution in [2.24, 2.45) is 10.4 Å². The number of aliphatic imine (C=N–C) groups is 1. The van der Waals surface area contributed by atoms with Crippen LogP contribution in [0.15, 0.2) is 29.5 Å². The van der Waals surface area contributed by atoms with E-state index in [1.165, 1.54) is 0 Å². The van der Waals surface area contributed by atoms with Gasteiger partial charge in [0.05, 0.1) is 0 Å². The van der Waals surface area contributed by atoms with Gasteiger partial charge in [0, 0.05) is 39.1 Å². The smallest absolute Gasteiger partial charge is 0.191 e. The van der Waals surface area contributed by atoms with Crippen molar-refractivity contribution in [2.45, 2.75) is 33.7 Å². The molecular weight excluding hydrogens is 224 g/mol. The summed E-state index contributed by atoms with van der Waals surface area (Å²) < 4.78 is 2.15. The lowest BCUT2D eigenvalue weighted by Crippen LogP contribution is -2.39. The maximum atomic E-state index is 4.21. The Morgan fingerprint density at radius 3 is 2.28 bits per heavy atom. The summed E-state index contributed by atoms with van der Waals surface area (Å²) >= 11 is 0. The molecule has 0 unspecified atom stereocenters. The first-order chi connectivity index (χ1) is 8.51. The maximum absolute atomic E-state index is 4.21. The summed E-state index contributed by atoms with van der Waals surface area (Å²) in [6.45, 7) is 9.52. The molecule has 0 aliphatic heterocycles. The van der Waals surface area contributed by atoms with Crippen molar-refractivity contribution in [3.05, 3.63) is 24.5 Å². The van der Waals surface area contributed by atoms with Crippen LogP contribution < -0.4 is 10.6 Å². The van der Waals surface area contributed by atoms with Crippen molar-refractivity contribution in [3.8, 4) is 0 Å². The molecule has 0 fully saturated rings. The normalized spacial score (nSPS) is 12.6. The van der Waals surface area contributed by atoms with E-state index in [-0.39, 0.29) is 0 Å². The quantitative estimate of drug-likeness (QED) is 0.620. The molecule has 0 aromatic carbocycles. The van der Waals surface area contributed by atoms with Crippen molar-refractivity contribution < 1.29 is 0 Å². The minimum atomic E-state index is 0.358. The highest BCUT2D eigenvalue weighted by Gasteiger charge is 2.09. The van der Waals surface area contributed by atoms with E-state index in [1.54, 1.807) is 0 Å². The van der Waals surface area contributed by atoms with Gasteiger partial charge in [0.2, 0.25) is 0 Å². The fraction of sp³-hybridized carbons (Fsp3) is 0.643. The van der Waals surface area contributed by atoms with Crippen LogP contribution in [0, 0.1) is 5.41 Å². The number of nitrogens with zero attached hydrogens (tertiary/aromatic N) is 2. The van der Waals surface area contributed by atoms with E-state index in [0.717, 1.165) is 32.0 Å². The van der Waals surface area contributed by atoms with Gasteiger partial charge in [0.15, 0.2) is 5.96 Å². The fourth-order valence-corrected chi connectivity index (χ4v) is 1.60. The Labute approximate surface area is 110 Å². The van der Waals surface area contributed by atoms with E-state index < -0.39 is 0 Å². The molecule has 18 heavy (non-hydrogen) atoms. The molecule has 1 heterocycles. The van der Waals surface area contributed by atoms with Crippen LogP contribution in [0.5, 0.6) is 0 Å². The number of aromatic nitrogens is 1. The van der Waals surface area contributed by atoms with Crippen molar-refractivity contribution in [2.75, 3.05) is 20.1 Å². The van der Waals surface area contributed by atoms with Gasteiger partial charge in [-0.2, -0.15) is 0 Å². The lowest BCUT2D eigenvalue weighted by molar-refractivity contribution is 0.377. The third kappa shape index (κ3) is 6.33. The molecule has 0 amide bonds. The number of hydrogen-bond donors (Lipinski definition) is 2. The summed E-state index contributed by atoms with van der Waals surface area (Å²) in [7, 11) is 1.81. The molecule has 0 bridgehead atoms. The van der Waals surface area contributed by atoms with E-state index >= 15 is 0 Å². The van der Waals surface area contributed by atoms with Crippen molar-refractivity contribution in [1.82, 2.24) is 15.2 Å². The lowest BCUT2D eigenvalue weighted by atomic mass is 9.92. The molecule has 1 rings (SSSR count). The Bertz CT molecular complexity index is 346. The molecular formula is C14H26N4. The van der Waals surface area contributed by atoms with Crippen LogP contribution in [-0.2, 0) is 6.54 Å². The van der Waals surface area contributed by atoms with E-state index in [9.17, 15) is 0 Å². The molecule has 0 aliphatic carbocycles. The first-order valence-electron chi connectivity index (χ1n) is 6.56. The molecule has 1 aromatic heterocycles. The van der Waals surface area contributed by atoms with Crippen LogP contribution in [0.2, 0.25) is 0 Å². The Balaban J connectivity index is 2.18. The van der Waals surface area contributed by atoms with Crippen molar-refractivity contribution >= 4 is 5.96 Å². The topological polar surface area (TPSA) is 41.4 Å². The maximum Gasteiger partial charge on any atom is 0.191 e. The molecule has 0 saturated carbocycles. The molecule has 0 aliphatic rings. The highest BCUT2D eigenvalue weighted by atomic mass is 15.2. The van der Waals surface area contributed by atoms with Gasteiger partial charge >= 0.3 is 0 Å². The van der Waals surface area contributed by atoms with Crippen LogP contribution in [0.4, 0.5) is 0 Å². The van der Waals surface area contributed by atoms with Gasteiger partial charge < -0.3 is 15.2 Å². The minimum Gasteiger partial charge on any atom is -0.356 e. The molecule has 0 spiro atoms. The highest BCUT2D eigenvalue weighted by molar-refractivity contribution is 5.79. The predicted molar refractivity (Wildman–Crippen MR) is 77.9 cm³/mol. The largest absolute Gasteiger partial charge is 0.356 e. The zero-order chi connectivity index (χ0) is 13.4. The zero-order valence-corrected chi connectivity index (χ0v) is 12.0. The zero-order valence-electron chi connectivity index (χ0n) is 12.0. The summed E-state index contributed by atoms with van der Waals surface area (Å²) in [5.41, 5.74) is 0.358. The Kier molecular flexibility index (Phi) is 5.75. The van der Waals surface area contributed by atoms with Crippen LogP contribution in [0.3, 0.4) is 0 Å². The second kappa shape index (κ2) is 7.09. The van der Waals surface area contributed by atoms with E-state index in [4.69, 9.17) is 0 Å². The third-order valence-corrected chi connectivity index (χ3v) is 2.72. The summed E-state index contributed by atoms with van der Waals surface area (Å²) in [6.07, 6.45) is 5.26. The van der Waals surface area contributed by atoms with Gasteiger partial charge in [0.1, 0.15) is 0 Å². The molecule has 4 nitrogen and oxygen atoms in total. The number of guanidine groups is 1. The summed E-state index contributed by atoms with van der Waals surface area (Å²) in [6, 6.07) is 4.08. The molecule has 4 heteroatoms. The van der Waals surface area contributed by atoms with Gasteiger partial charge in [0.25, 0.3) is 0 Å². The fourth-order valence-electron chi connectivity index (χ4n) is 1.60. The summed E-state index contributed by atoms with van der Waals surface area (Å²) in [4.78, 5) is 4.21. The predicted octanol–water partition coefficient (Wildman–Crippen LogP) is 2.09. The average molecular weight is 250 g/mol. The second-order valence-corrected chi connectivity index (χ2v) is 5.66. The van der Waals surface area contributed by atoms with Gasteiger partial charge in [-0.1, -0.05) is 20.8 Å². The van der Waals surface area contributed by atoms with Crippen LogP contribution in [0.25, 0.3) is 0 Å². The van der Waals surface area contributed by atoms with E-state index in [1.807, 2.05) is 19.2 Å². The third-order valence-electron chi connectivity index (χ3n) is 2.72. The molecule has 102 valence electrons. The van der Waals surface area contributed by atoms with Crippen LogP contribution in [-0.4, -0.2) is 30.7 Å². The first kappa shape index (κ1) is 14.6. The van der Waals surface area contributed by atoms with Crippen LogP contribution in [0.1, 0.15) is 27.2 Å². The number of rotatable bonds is 5. The highest BCUT2D eigenvalue weighted by Crippen LogP contribution is 2.16. The average Bonchev–Trinajstić information content (AvgIpc) is 2.78. The lowest BCUT2D eigenvalue weighted by Gasteiger charge is -2.19. The van der Waals surface area contributed by atoms with E-state index in [2.05, 4.69) is 53.4 Å². The minimum absolute atomic E-state index is 0.358. The van der Waals surface area contributed by atoms with Crippen molar-refractivity contribution in [3.63, 3.8) is 0 Å². The van der Waals surface area contributed by atoms with Crippen LogP contribution >= 0.6 is 0 Å². The molecule has 0 radical (unpaired) electrons. The Hall–Kier alpha value is -1.45. The monoisotopic (exact) mass is 250 g/mol. The molecule has 0 saturated heterocycles.